The molecule has 1 N–H and O–H groups in total. The maximum atomic E-state index is 12.0. The van der Waals surface area contributed by atoms with E-state index in [0.717, 1.165) is 0 Å². The molecule has 0 amide bonds. The molecule has 0 aliphatic carbocycles. The van der Waals surface area contributed by atoms with E-state index >= 15 is 0 Å². The molecule has 1 aromatic carbocycles. The van der Waals surface area contributed by atoms with Gasteiger partial charge in [0.1, 0.15) is 5.54 Å². The van der Waals surface area contributed by atoms with E-state index in [1.165, 1.54) is 31.2 Å². The third-order valence-corrected chi connectivity index (χ3v) is 4.31. The van der Waals surface area contributed by atoms with Gasteiger partial charge in [-0.1, -0.05) is 19.1 Å². The highest BCUT2D eigenvalue weighted by atomic mass is 32.2. The van der Waals surface area contributed by atoms with Gasteiger partial charge in [0, 0.05) is 12.1 Å². The van der Waals surface area contributed by atoms with Crippen LogP contribution in [0.1, 0.15) is 25.8 Å². The first-order chi connectivity index (χ1) is 9.21. The molecule has 0 bridgehead atoms. The van der Waals surface area contributed by atoms with Crippen LogP contribution >= 0.6 is 0 Å². The normalized spacial score (nSPS) is 14.2. The molecular weight excluding hydrogens is 282 g/mol. The monoisotopic (exact) mass is 297 g/mol. The molecule has 0 spiro atoms. The summed E-state index contributed by atoms with van der Waals surface area (Å²) in [5, 5.41) is 19.5. The van der Waals surface area contributed by atoms with Gasteiger partial charge in [-0.2, -0.15) is 9.98 Å². The molecule has 8 heteroatoms. The zero-order valence-corrected chi connectivity index (χ0v) is 12.0. The fraction of sp³-hybridized carbons (Fsp3) is 0.417. The molecule has 0 fully saturated rings. The Morgan fingerprint density at radius 1 is 1.40 bits per heavy atom. The largest absolute Gasteiger partial charge is 0.269 e. The Morgan fingerprint density at radius 3 is 2.35 bits per heavy atom. The molecule has 0 aromatic heterocycles. The first kappa shape index (κ1) is 16.1. The number of rotatable bonds is 6. The third-order valence-electron chi connectivity index (χ3n) is 2.84. The average Bonchev–Trinajstić information content (AvgIpc) is 2.38. The lowest BCUT2D eigenvalue weighted by atomic mass is 10.0. The van der Waals surface area contributed by atoms with Gasteiger partial charge in [0.25, 0.3) is 5.69 Å². The standard InChI is InChI=1S/C12H15N3O4S/c1-3-12(2,9-13)14-20(18,19)8-10-4-6-11(7-5-10)15(16)17/h4-7,14H,3,8H2,1-2H3. The predicted molar refractivity (Wildman–Crippen MR) is 73.2 cm³/mol. The molecule has 20 heavy (non-hydrogen) atoms. The number of sulfonamides is 1. The Morgan fingerprint density at radius 2 is 1.95 bits per heavy atom. The number of hydrogen-bond donors (Lipinski definition) is 1. The molecular formula is C12H15N3O4S. The SMILES string of the molecule is CCC(C)(C#N)NS(=O)(=O)Cc1ccc([N+](=O)[O-])cc1. The van der Waals surface area contributed by atoms with Crippen LogP contribution in [0.4, 0.5) is 5.69 Å². The summed E-state index contributed by atoms with van der Waals surface area (Å²) in [6, 6.07) is 7.17. The minimum Gasteiger partial charge on any atom is -0.258 e. The summed E-state index contributed by atoms with van der Waals surface area (Å²) in [6.07, 6.45) is 0.336. The maximum absolute atomic E-state index is 12.0. The minimum atomic E-state index is -3.69. The van der Waals surface area contributed by atoms with Crippen LogP contribution in [0.3, 0.4) is 0 Å². The predicted octanol–water partition coefficient (Wildman–Crippen LogP) is 1.71. The molecule has 1 atom stereocenters. The van der Waals surface area contributed by atoms with E-state index in [-0.39, 0.29) is 11.4 Å². The van der Waals surface area contributed by atoms with E-state index in [2.05, 4.69) is 4.72 Å². The molecule has 0 radical (unpaired) electrons. The van der Waals surface area contributed by atoms with Crippen LogP contribution in [-0.2, 0) is 15.8 Å². The topological polar surface area (TPSA) is 113 Å². The molecule has 1 rings (SSSR count). The lowest BCUT2D eigenvalue weighted by Crippen LogP contribution is -2.44. The highest BCUT2D eigenvalue weighted by molar-refractivity contribution is 7.88. The minimum absolute atomic E-state index is 0.102. The highest BCUT2D eigenvalue weighted by Gasteiger charge is 2.27. The molecule has 0 aliphatic rings. The summed E-state index contributed by atoms with van der Waals surface area (Å²) < 4.78 is 26.2. The molecule has 0 aliphatic heterocycles. The van der Waals surface area contributed by atoms with Gasteiger partial charge in [-0.05, 0) is 18.9 Å². The Balaban J connectivity index is 2.87. The Hall–Kier alpha value is -1.98. The maximum Gasteiger partial charge on any atom is 0.269 e. The van der Waals surface area contributed by atoms with Crippen molar-refractivity contribution in [3.05, 3.63) is 39.9 Å². The van der Waals surface area contributed by atoms with Gasteiger partial charge in [0.2, 0.25) is 10.0 Å². The lowest BCUT2D eigenvalue weighted by molar-refractivity contribution is -0.384. The third kappa shape index (κ3) is 4.29. The Kier molecular flexibility index (Phi) is 4.81. The second-order valence-corrected chi connectivity index (χ2v) is 6.30. The smallest absolute Gasteiger partial charge is 0.258 e. The Bertz CT molecular complexity index is 634. The second-order valence-electron chi connectivity index (χ2n) is 4.58. The number of benzene rings is 1. The number of nitro benzene ring substituents is 1. The fourth-order valence-corrected chi connectivity index (χ4v) is 3.07. The molecule has 0 saturated carbocycles. The van der Waals surface area contributed by atoms with Crippen molar-refractivity contribution >= 4 is 15.7 Å². The Labute approximate surface area is 117 Å². The number of non-ortho nitro benzene ring substituents is 1. The first-order valence-corrected chi connectivity index (χ1v) is 7.53. The van der Waals surface area contributed by atoms with Crippen molar-refractivity contribution in [3.63, 3.8) is 0 Å². The number of nitro groups is 1. The lowest BCUT2D eigenvalue weighted by Gasteiger charge is -2.20. The van der Waals surface area contributed by atoms with E-state index in [1.54, 1.807) is 6.92 Å². The van der Waals surface area contributed by atoms with Crippen molar-refractivity contribution in [2.45, 2.75) is 31.6 Å². The highest BCUT2D eigenvalue weighted by Crippen LogP contribution is 2.15. The molecule has 7 nitrogen and oxygen atoms in total. The van der Waals surface area contributed by atoms with Gasteiger partial charge in [-0.15, -0.1) is 0 Å². The van der Waals surface area contributed by atoms with Crippen molar-refractivity contribution in [2.24, 2.45) is 0 Å². The molecule has 0 saturated heterocycles. The number of nitriles is 1. The number of hydrogen-bond acceptors (Lipinski definition) is 5. The average molecular weight is 297 g/mol. The van der Waals surface area contributed by atoms with Gasteiger partial charge in [0.15, 0.2) is 0 Å². The van der Waals surface area contributed by atoms with Crippen molar-refractivity contribution in [2.75, 3.05) is 0 Å². The van der Waals surface area contributed by atoms with Gasteiger partial charge in [-0.3, -0.25) is 10.1 Å². The quantitative estimate of drug-likeness (QED) is 0.634. The van der Waals surface area contributed by atoms with E-state index in [9.17, 15) is 18.5 Å². The van der Waals surface area contributed by atoms with Crippen LogP contribution in [-0.4, -0.2) is 18.9 Å². The van der Waals surface area contributed by atoms with Gasteiger partial charge >= 0.3 is 0 Å². The summed E-state index contributed by atoms with van der Waals surface area (Å²) in [4.78, 5) is 9.95. The molecule has 1 aromatic rings. The van der Waals surface area contributed by atoms with Crippen LogP contribution in [0.2, 0.25) is 0 Å². The van der Waals surface area contributed by atoms with Crippen LogP contribution < -0.4 is 4.72 Å². The second kappa shape index (κ2) is 5.98. The van der Waals surface area contributed by atoms with E-state index in [1.807, 2.05) is 6.07 Å². The van der Waals surface area contributed by atoms with Crippen molar-refractivity contribution < 1.29 is 13.3 Å². The van der Waals surface area contributed by atoms with Crippen LogP contribution in [0.15, 0.2) is 24.3 Å². The summed E-state index contributed by atoms with van der Waals surface area (Å²) in [6.45, 7) is 3.21. The van der Waals surface area contributed by atoms with Crippen LogP contribution in [0.25, 0.3) is 0 Å². The van der Waals surface area contributed by atoms with Gasteiger partial charge in [0.05, 0.1) is 16.7 Å². The zero-order valence-electron chi connectivity index (χ0n) is 11.2. The van der Waals surface area contributed by atoms with Crippen molar-refractivity contribution in [1.82, 2.24) is 4.72 Å². The van der Waals surface area contributed by atoms with Crippen LogP contribution in [0, 0.1) is 21.4 Å². The first-order valence-electron chi connectivity index (χ1n) is 5.87. The van der Waals surface area contributed by atoms with E-state index in [0.29, 0.717) is 12.0 Å². The molecule has 108 valence electrons. The van der Waals surface area contributed by atoms with Crippen LogP contribution in [0.5, 0.6) is 0 Å². The van der Waals surface area contributed by atoms with E-state index < -0.39 is 20.5 Å². The van der Waals surface area contributed by atoms with Crippen molar-refractivity contribution in [1.29, 1.82) is 5.26 Å². The number of nitrogens with zero attached hydrogens (tertiary/aromatic N) is 2. The summed E-state index contributed by atoms with van der Waals surface area (Å²) in [5.74, 6) is -0.331. The summed E-state index contributed by atoms with van der Waals surface area (Å²) in [7, 11) is -3.69. The number of nitrogens with one attached hydrogen (secondary N) is 1. The summed E-state index contributed by atoms with van der Waals surface area (Å²) >= 11 is 0. The fourth-order valence-electron chi connectivity index (χ4n) is 1.49. The van der Waals surface area contributed by atoms with Gasteiger partial charge < -0.3 is 0 Å². The van der Waals surface area contributed by atoms with E-state index in [4.69, 9.17) is 5.26 Å². The summed E-state index contributed by atoms with van der Waals surface area (Å²) in [5.41, 5.74) is -0.839. The molecule has 0 heterocycles. The molecule has 1 unspecified atom stereocenters. The zero-order chi connectivity index (χ0) is 15.4. The van der Waals surface area contributed by atoms with Crippen molar-refractivity contribution in [3.8, 4) is 6.07 Å². The van der Waals surface area contributed by atoms with Gasteiger partial charge in [-0.25, -0.2) is 8.42 Å².